The molecule has 1 aliphatic heterocycles. The van der Waals surface area contributed by atoms with Crippen molar-refractivity contribution >= 4 is 28.6 Å². The normalized spacial score (nSPS) is 11.8. The number of carbonyl (C=O) groups is 2. The number of fused-ring (bicyclic) bond motifs is 2. The second kappa shape index (κ2) is 10.2. The number of nitrogens with one attached hydrogen (secondary N) is 1. The minimum absolute atomic E-state index is 0.0791. The quantitative estimate of drug-likeness (QED) is 0.244. The average molecular weight is 487 g/mol. The fourth-order valence-corrected chi connectivity index (χ4v) is 4.47. The summed E-state index contributed by atoms with van der Waals surface area (Å²) in [6.45, 7) is 11.3. The molecule has 0 unspecified atom stereocenters. The molecule has 0 aromatic heterocycles. The number of hydrogen-bond acceptors (Lipinski definition) is 6. The molecule has 0 saturated heterocycles. The molecule has 0 bridgehead atoms. The molecule has 7 heteroatoms. The molecule has 4 rings (SSSR count). The van der Waals surface area contributed by atoms with E-state index in [-0.39, 0.29) is 12.2 Å². The van der Waals surface area contributed by atoms with Crippen LogP contribution in [0.25, 0.3) is 33.4 Å². The first-order valence-corrected chi connectivity index (χ1v) is 12.1. The Morgan fingerprint density at radius 3 is 2.44 bits per heavy atom. The van der Waals surface area contributed by atoms with Gasteiger partial charge in [0.15, 0.2) is 0 Å². The van der Waals surface area contributed by atoms with Crippen LogP contribution in [0.3, 0.4) is 0 Å². The zero-order valence-electron chi connectivity index (χ0n) is 21.2. The number of carboxylic acids is 1. The molecule has 2 aromatic carbocycles. The molecule has 0 atom stereocenters. The van der Waals surface area contributed by atoms with E-state index in [1.165, 1.54) is 18.2 Å². The molecule has 1 heterocycles. The highest BCUT2D eigenvalue weighted by Gasteiger charge is 2.24. The standard InChI is InChI=1S/C29H30N2O5/c1-6-30-23-14-25-21(11-16(23)4)27(22-12-17(5)24(31-7-2)15-26(22)36-25)20-13-18(28(32)33)9-10-19(20)29(34)35-8-3/h9-15,30H,6-8H2,1-5H3,(H,32,33). The summed E-state index contributed by atoms with van der Waals surface area (Å²) in [6, 6.07) is 12.3. The fourth-order valence-electron chi connectivity index (χ4n) is 4.47. The second-order valence-electron chi connectivity index (χ2n) is 8.57. The van der Waals surface area contributed by atoms with Crippen molar-refractivity contribution in [1.29, 1.82) is 0 Å². The number of aryl methyl sites for hydroxylation is 2. The van der Waals surface area contributed by atoms with Gasteiger partial charge in [-0.1, -0.05) is 0 Å². The van der Waals surface area contributed by atoms with Gasteiger partial charge in [0.2, 0.25) is 0 Å². The summed E-state index contributed by atoms with van der Waals surface area (Å²) in [5.41, 5.74) is 5.84. The predicted octanol–water partition coefficient (Wildman–Crippen LogP) is 6.05. The maximum atomic E-state index is 13.0. The Balaban J connectivity index is 2.21. The molecular weight excluding hydrogens is 456 g/mol. The molecule has 0 radical (unpaired) electrons. The molecular formula is C29H30N2O5. The molecule has 0 fully saturated rings. The van der Waals surface area contributed by atoms with Gasteiger partial charge in [-0.25, -0.2) is 9.59 Å². The van der Waals surface area contributed by atoms with Crippen molar-refractivity contribution in [3.63, 3.8) is 0 Å². The van der Waals surface area contributed by atoms with E-state index in [0.717, 1.165) is 45.2 Å². The zero-order valence-corrected chi connectivity index (χ0v) is 21.2. The molecule has 0 saturated carbocycles. The first kappa shape index (κ1) is 25.0. The molecule has 2 N–H and O–H groups in total. The van der Waals surface area contributed by atoms with Crippen LogP contribution in [0.4, 0.5) is 5.69 Å². The maximum Gasteiger partial charge on any atom is 0.338 e. The van der Waals surface area contributed by atoms with Crippen molar-refractivity contribution in [2.45, 2.75) is 34.6 Å². The second-order valence-corrected chi connectivity index (χ2v) is 8.57. The van der Waals surface area contributed by atoms with Crippen molar-refractivity contribution in [2.24, 2.45) is 4.99 Å². The Kier molecular flexibility index (Phi) is 7.10. The number of carbonyl (C=O) groups excluding carboxylic acids is 1. The van der Waals surface area contributed by atoms with Gasteiger partial charge in [-0.2, -0.15) is 0 Å². The Bertz CT molecular complexity index is 1520. The Hall–Kier alpha value is -4.13. The Morgan fingerprint density at radius 1 is 1.00 bits per heavy atom. The fraction of sp³-hybridized carbons (Fsp3) is 0.276. The number of ether oxygens (including phenoxy) is 1. The van der Waals surface area contributed by atoms with Crippen molar-refractivity contribution in [3.05, 3.63) is 70.1 Å². The average Bonchev–Trinajstić information content (AvgIpc) is 2.84. The topological polar surface area (TPSA) is 101 Å². The highest BCUT2D eigenvalue weighted by Crippen LogP contribution is 2.43. The van der Waals surface area contributed by atoms with Gasteiger partial charge < -0.3 is 19.6 Å². The van der Waals surface area contributed by atoms with Crippen molar-refractivity contribution in [3.8, 4) is 22.5 Å². The van der Waals surface area contributed by atoms with Gasteiger partial charge in [0.25, 0.3) is 0 Å². The molecule has 2 aliphatic rings. The van der Waals surface area contributed by atoms with Gasteiger partial charge in [0.05, 0.1) is 23.1 Å². The van der Waals surface area contributed by atoms with E-state index in [0.29, 0.717) is 29.0 Å². The smallest absolute Gasteiger partial charge is 0.338 e. The minimum Gasteiger partial charge on any atom is -0.478 e. The van der Waals surface area contributed by atoms with Crippen LogP contribution in [0, 0.1) is 13.8 Å². The van der Waals surface area contributed by atoms with Crippen LogP contribution in [0.1, 0.15) is 52.6 Å². The monoisotopic (exact) mass is 486 g/mol. The van der Waals surface area contributed by atoms with E-state index in [1.807, 2.05) is 52.0 Å². The van der Waals surface area contributed by atoms with Gasteiger partial charge in [0, 0.05) is 47.4 Å². The molecule has 186 valence electrons. The van der Waals surface area contributed by atoms with E-state index in [1.54, 1.807) is 6.92 Å². The number of carboxylic acid groups (broad SMARTS) is 1. The lowest BCUT2D eigenvalue weighted by Crippen LogP contribution is -2.11. The number of rotatable bonds is 7. The summed E-state index contributed by atoms with van der Waals surface area (Å²) in [7, 11) is 0. The maximum absolute atomic E-state index is 13.0. The minimum atomic E-state index is -1.08. The van der Waals surface area contributed by atoms with E-state index in [4.69, 9.17) is 9.15 Å². The number of aromatic carboxylic acids is 1. The van der Waals surface area contributed by atoms with Gasteiger partial charge in [-0.3, -0.25) is 4.99 Å². The SMILES string of the molecule is CCN=c1cc2oc3cc(NCC)c(C)cc3c(-c3cc(C(=O)O)ccc3C(=O)OCC)c-2cc1C. The van der Waals surface area contributed by atoms with Crippen molar-refractivity contribution in [1.82, 2.24) is 0 Å². The summed E-state index contributed by atoms with van der Waals surface area (Å²) in [6.07, 6.45) is 0. The summed E-state index contributed by atoms with van der Waals surface area (Å²) >= 11 is 0. The molecule has 1 aliphatic carbocycles. The summed E-state index contributed by atoms with van der Waals surface area (Å²) in [4.78, 5) is 29.5. The summed E-state index contributed by atoms with van der Waals surface area (Å²) in [5.74, 6) is -0.995. The molecule has 0 amide bonds. The molecule has 0 spiro atoms. The largest absolute Gasteiger partial charge is 0.478 e. The van der Waals surface area contributed by atoms with Gasteiger partial charge in [-0.15, -0.1) is 0 Å². The van der Waals surface area contributed by atoms with Crippen molar-refractivity contribution < 1.29 is 23.8 Å². The van der Waals surface area contributed by atoms with Crippen LogP contribution in [-0.2, 0) is 4.74 Å². The summed E-state index contributed by atoms with van der Waals surface area (Å²) in [5, 5.41) is 14.7. The van der Waals surface area contributed by atoms with E-state index in [2.05, 4.69) is 10.3 Å². The lowest BCUT2D eigenvalue weighted by Gasteiger charge is -2.20. The van der Waals surface area contributed by atoms with Gasteiger partial charge in [0.1, 0.15) is 11.3 Å². The third-order valence-corrected chi connectivity index (χ3v) is 6.11. The van der Waals surface area contributed by atoms with Crippen molar-refractivity contribution in [2.75, 3.05) is 25.0 Å². The first-order valence-electron chi connectivity index (χ1n) is 12.1. The lowest BCUT2D eigenvalue weighted by atomic mass is 9.88. The van der Waals surface area contributed by atoms with Crippen LogP contribution in [0.5, 0.6) is 0 Å². The third-order valence-electron chi connectivity index (χ3n) is 6.11. The number of anilines is 1. The molecule has 7 nitrogen and oxygen atoms in total. The Morgan fingerprint density at radius 2 is 1.78 bits per heavy atom. The van der Waals surface area contributed by atoms with E-state index >= 15 is 0 Å². The van der Waals surface area contributed by atoms with Crippen LogP contribution in [0.15, 0.2) is 51.9 Å². The zero-order chi connectivity index (χ0) is 26.0. The number of hydrogen-bond donors (Lipinski definition) is 2. The highest BCUT2D eigenvalue weighted by molar-refractivity contribution is 6.09. The predicted molar refractivity (Wildman–Crippen MR) is 141 cm³/mol. The number of benzene rings is 3. The van der Waals surface area contributed by atoms with Crippen LogP contribution in [-0.4, -0.2) is 36.7 Å². The molecule has 36 heavy (non-hydrogen) atoms. The van der Waals surface area contributed by atoms with Crippen LogP contribution >= 0.6 is 0 Å². The molecule has 2 aromatic rings. The van der Waals surface area contributed by atoms with Gasteiger partial charge >= 0.3 is 11.9 Å². The Labute approximate surface area is 209 Å². The summed E-state index contributed by atoms with van der Waals surface area (Å²) < 4.78 is 11.7. The third kappa shape index (κ3) is 4.56. The first-order chi connectivity index (χ1) is 17.3. The number of nitrogens with zero attached hydrogens (tertiary/aromatic N) is 1. The highest BCUT2D eigenvalue weighted by atomic mass is 16.5. The van der Waals surface area contributed by atoms with Gasteiger partial charge in [-0.05, 0) is 81.6 Å². The van der Waals surface area contributed by atoms with E-state index < -0.39 is 11.9 Å². The van der Waals surface area contributed by atoms with Crippen LogP contribution in [0.2, 0.25) is 0 Å². The van der Waals surface area contributed by atoms with Crippen LogP contribution < -0.4 is 10.7 Å². The van der Waals surface area contributed by atoms with E-state index in [9.17, 15) is 14.7 Å². The number of esters is 1. The lowest BCUT2D eigenvalue weighted by molar-refractivity contribution is 0.0526.